The number of anilines is 4. The van der Waals surface area contributed by atoms with Crippen LogP contribution in [-0.4, -0.2) is 85.8 Å². The Bertz CT molecular complexity index is 1640. The van der Waals surface area contributed by atoms with Crippen LogP contribution in [0.3, 0.4) is 0 Å². The zero-order valence-electron chi connectivity index (χ0n) is 26.3. The average Bonchev–Trinajstić information content (AvgIpc) is 3.33. The molecule has 2 heterocycles. The third kappa shape index (κ3) is 7.12. The first-order valence-corrected chi connectivity index (χ1v) is 16.6. The summed E-state index contributed by atoms with van der Waals surface area (Å²) in [5, 5.41) is 5.94. The molecule has 2 aromatic carbocycles. The number of hydrogen-bond acceptors (Lipinski definition) is 9. The lowest BCUT2D eigenvalue weighted by Crippen LogP contribution is -2.53. The number of hydrogen-bond donors (Lipinski definition) is 2. The summed E-state index contributed by atoms with van der Waals surface area (Å²) in [6, 6.07) is 11.4. The van der Waals surface area contributed by atoms with E-state index < -0.39 is 39.7 Å². The Hall–Kier alpha value is -3.62. The maximum absolute atomic E-state index is 14.1. The van der Waals surface area contributed by atoms with Crippen LogP contribution in [0.2, 0.25) is 0 Å². The number of likely N-dealkylation sites (N-methyl/N-ethyl adjacent to an activating group) is 1. The molecule has 0 amide bonds. The Morgan fingerprint density at radius 2 is 1.73 bits per heavy atom. The molecule has 3 aromatic rings. The number of rotatable bonds is 8. The van der Waals surface area contributed by atoms with Crippen molar-refractivity contribution in [3.8, 4) is 5.75 Å². The molecular weight excluding hydrogens is 607 g/mol. The predicted octanol–water partition coefficient (Wildman–Crippen LogP) is 5.14. The number of alkyl halides is 3. The summed E-state index contributed by atoms with van der Waals surface area (Å²) >= 11 is 0. The van der Waals surface area contributed by atoms with E-state index >= 15 is 0 Å². The van der Waals surface area contributed by atoms with Gasteiger partial charge in [-0.05, 0) is 50.5 Å². The van der Waals surface area contributed by atoms with Crippen molar-refractivity contribution in [3.63, 3.8) is 0 Å². The monoisotopic (exact) mass is 647 g/mol. The molecule has 5 rings (SSSR count). The molecule has 1 aliphatic carbocycles. The Balaban J connectivity index is 1.41. The van der Waals surface area contributed by atoms with E-state index in [0.29, 0.717) is 17.9 Å². The number of halogens is 3. The SMILES string of the molecule is COc1cc(N2CCN(C(C)(C)C)CC2)ccc1Nc1ncc(C(F)(F)F)c(N[C@@H]2Cc3ccccc3[C@H]2N(C)S(C)(=O)=O)n1. The molecule has 14 heteroatoms. The van der Waals surface area contributed by atoms with Crippen LogP contribution in [0.4, 0.5) is 36.3 Å². The summed E-state index contributed by atoms with van der Waals surface area (Å²) in [7, 11) is -0.712. The number of sulfonamides is 1. The van der Waals surface area contributed by atoms with Gasteiger partial charge < -0.3 is 20.3 Å². The van der Waals surface area contributed by atoms with Crippen LogP contribution in [0, 0.1) is 0 Å². The molecule has 0 spiro atoms. The Labute approximate surface area is 262 Å². The van der Waals surface area contributed by atoms with Crippen LogP contribution >= 0.6 is 0 Å². The highest BCUT2D eigenvalue weighted by Gasteiger charge is 2.41. The molecule has 0 radical (unpaired) electrons. The fourth-order valence-corrected chi connectivity index (χ4v) is 6.70. The van der Waals surface area contributed by atoms with Crippen molar-refractivity contribution in [1.82, 2.24) is 19.2 Å². The summed E-state index contributed by atoms with van der Waals surface area (Å²) in [6.07, 6.45) is -2.64. The predicted molar refractivity (Wildman–Crippen MR) is 170 cm³/mol. The molecule has 0 bridgehead atoms. The van der Waals surface area contributed by atoms with Gasteiger partial charge in [-0.2, -0.15) is 22.5 Å². The Morgan fingerprint density at radius 3 is 2.36 bits per heavy atom. The minimum absolute atomic E-state index is 0.0705. The van der Waals surface area contributed by atoms with Crippen molar-refractivity contribution in [2.75, 3.05) is 62.1 Å². The fourth-order valence-electron chi connectivity index (χ4n) is 6.03. The number of nitrogens with one attached hydrogen (secondary N) is 2. The van der Waals surface area contributed by atoms with Crippen molar-refractivity contribution in [2.45, 2.75) is 51.0 Å². The highest BCUT2D eigenvalue weighted by molar-refractivity contribution is 7.88. The lowest BCUT2D eigenvalue weighted by molar-refractivity contribution is -0.137. The van der Waals surface area contributed by atoms with E-state index in [9.17, 15) is 21.6 Å². The van der Waals surface area contributed by atoms with E-state index in [1.807, 2.05) is 24.3 Å². The van der Waals surface area contributed by atoms with Crippen LogP contribution in [0.5, 0.6) is 5.75 Å². The van der Waals surface area contributed by atoms with Gasteiger partial charge in [0.05, 0.1) is 31.1 Å². The van der Waals surface area contributed by atoms with Crippen molar-refractivity contribution in [3.05, 3.63) is 65.4 Å². The van der Waals surface area contributed by atoms with Crippen LogP contribution in [0.25, 0.3) is 0 Å². The minimum atomic E-state index is -4.75. The maximum Gasteiger partial charge on any atom is 0.421 e. The smallest absolute Gasteiger partial charge is 0.421 e. The topological polar surface area (TPSA) is 103 Å². The molecule has 1 aromatic heterocycles. The van der Waals surface area contributed by atoms with Crippen LogP contribution in [-0.2, 0) is 22.6 Å². The number of piperazine rings is 1. The number of methoxy groups -OCH3 is 1. The third-order valence-electron chi connectivity index (χ3n) is 8.55. The molecule has 244 valence electrons. The Morgan fingerprint density at radius 1 is 1.04 bits per heavy atom. The van der Waals surface area contributed by atoms with Gasteiger partial charge in [0.25, 0.3) is 0 Å². The van der Waals surface area contributed by atoms with E-state index in [0.717, 1.165) is 55.4 Å². The van der Waals surface area contributed by atoms with E-state index in [2.05, 4.69) is 51.2 Å². The zero-order valence-corrected chi connectivity index (χ0v) is 27.1. The molecule has 0 saturated carbocycles. The number of nitrogens with zero attached hydrogens (tertiary/aromatic N) is 5. The summed E-state index contributed by atoms with van der Waals surface area (Å²) in [5.74, 6) is -0.0271. The maximum atomic E-state index is 14.1. The molecular formula is C31H40F3N7O3S. The highest BCUT2D eigenvalue weighted by Crippen LogP contribution is 2.41. The van der Waals surface area contributed by atoms with Gasteiger partial charge in [0.1, 0.15) is 17.1 Å². The number of fused-ring (bicyclic) bond motifs is 1. The highest BCUT2D eigenvalue weighted by atomic mass is 32.2. The summed E-state index contributed by atoms with van der Waals surface area (Å²) in [6.45, 7) is 10.2. The second kappa shape index (κ2) is 12.3. The van der Waals surface area contributed by atoms with Crippen molar-refractivity contribution >= 4 is 33.2 Å². The van der Waals surface area contributed by atoms with Gasteiger partial charge in [-0.3, -0.25) is 4.90 Å². The van der Waals surface area contributed by atoms with Crippen molar-refractivity contribution in [1.29, 1.82) is 0 Å². The first kappa shape index (κ1) is 32.8. The normalized spacial score (nSPS) is 19.5. The lowest BCUT2D eigenvalue weighted by Gasteiger charge is -2.43. The molecule has 2 N–H and O–H groups in total. The van der Waals surface area contributed by atoms with Gasteiger partial charge in [0.2, 0.25) is 16.0 Å². The zero-order chi connectivity index (χ0) is 32.7. The fraction of sp³-hybridized carbons (Fsp3) is 0.484. The Kier molecular flexibility index (Phi) is 8.95. The summed E-state index contributed by atoms with van der Waals surface area (Å²) in [5.41, 5.74) is 2.09. The van der Waals surface area contributed by atoms with Crippen molar-refractivity contribution in [2.24, 2.45) is 0 Å². The van der Waals surface area contributed by atoms with Crippen LogP contribution in [0.1, 0.15) is 43.5 Å². The largest absolute Gasteiger partial charge is 0.494 e. The van der Waals surface area contributed by atoms with Gasteiger partial charge in [0, 0.05) is 56.7 Å². The molecule has 1 aliphatic heterocycles. The van der Waals surface area contributed by atoms with E-state index in [1.165, 1.54) is 18.5 Å². The van der Waals surface area contributed by atoms with Gasteiger partial charge in [0.15, 0.2) is 0 Å². The van der Waals surface area contributed by atoms with Crippen molar-refractivity contribution < 1.29 is 26.3 Å². The number of aromatic nitrogens is 2. The summed E-state index contributed by atoms with van der Waals surface area (Å²) in [4.78, 5) is 12.9. The second-order valence-corrected chi connectivity index (χ2v) is 14.5. The van der Waals surface area contributed by atoms with Gasteiger partial charge in [-0.1, -0.05) is 24.3 Å². The molecule has 0 unspecified atom stereocenters. The van der Waals surface area contributed by atoms with Gasteiger partial charge >= 0.3 is 6.18 Å². The van der Waals surface area contributed by atoms with Crippen LogP contribution in [0.15, 0.2) is 48.7 Å². The standard InChI is InChI=1S/C31H40F3N7O3S/c1-30(2,3)41-15-13-40(14-16-41)21-11-12-24(26(18-21)44-5)37-29-35-19-23(31(32,33)34)28(38-29)36-25-17-20-9-7-8-10-22(20)27(25)39(4)45(6,42)43/h7-12,18-19,25,27H,13-17H2,1-6H3,(H2,35,36,37,38)/t25-,27-/m1/s1. The van der Waals surface area contributed by atoms with Gasteiger partial charge in [-0.15, -0.1) is 0 Å². The third-order valence-corrected chi connectivity index (χ3v) is 9.82. The van der Waals surface area contributed by atoms with E-state index in [1.54, 1.807) is 18.2 Å². The molecule has 45 heavy (non-hydrogen) atoms. The first-order valence-electron chi connectivity index (χ1n) is 14.7. The molecule has 1 fully saturated rings. The van der Waals surface area contributed by atoms with E-state index in [4.69, 9.17) is 4.74 Å². The summed E-state index contributed by atoms with van der Waals surface area (Å²) < 4.78 is 74.3. The van der Waals surface area contributed by atoms with Crippen LogP contribution < -0.4 is 20.3 Å². The number of ether oxygens (including phenoxy) is 1. The quantitative estimate of drug-likeness (QED) is 0.344. The minimum Gasteiger partial charge on any atom is -0.494 e. The molecule has 2 atom stereocenters. The first-order chi connectivity index (χ1) is 21.1. The second-order valence-electron chi connectivity index (χ2n) is 12.5. The van der Waals surface area contributed by atoms with E-state index in [-0.39, 0.29) is 11.5 Å². The molecule has 2 aliphatic rings. The lowest BCUT2D eigenvalue weighted by atomic mass is 10.0. The molecule has 10 nitrogen and oxygen atoms in total. The van der Waals surface area contributed by atoms with Gasteiger partial charge in [-0.25, -0.2) is 13.4 Å². The average molecular weight is 648 g/mol. The number of benzene rings is 2. The molecule has 1 saturated heterocycles.